The number of amides is 1. The van der Waals surface area contributed by atoms with Gasteiger partial charge in [-0.1, -0.05) is 45.7 Å². The molecule has 0 spiro atoms. The molecule has 1 unspecified atom stereocenters. The van der Waals surface area contributed by atoms with Crippen molar-refractivity contribution in [3.05, 3.63) is 80.6 Å². The summed E-state index contributed by atoms with van der Waals surface area (Å²) < 4.78 is 28.1. The third-order valence-electron chi connectivity index (χ3n) is 5.17. The van der Waals surface area contributed by atoms with Gasteiger partial charge in [0.1, 0.15) is 10.3 Å². The zero-order valence-electron chi connectivity index (χ0n) is 16.6. The Morgan fingerprint density at radius 2 is 1.88 bits per heavy atom. The molecule has 0 bridgehead atoms. The van der Waals surface area contributed by atoms with Gasteiger partial charge in [-0.2, -0.15) is 4.31 Å². The van der Waals surface area contributed by atoms with Crippen LogP contribution in [0.15, 0.2) is 68.7 Å². The van der Waals surface area contributed by atoms with E-state index < -0.39 is 22.0 Å². The van der Waals surface area contributed by atoms with Crippen LogP contribution in [-0.2, 0) is 14.8 Å². The number of carbonyl (C=O) groups excluding carboxylic acids is 2. The number of nitrogens with one attached hydrogen (secondary N) is 1. The van der Waals surface area contributed by atoms with Gasteiger partial charge in [-0.3, -0.25) is 9.59 Å². The van der Waals surface area contributed by atoms with Gasteiger partial charge in [0.05, 0.1) is 10.7 Å². The number of benzene rings is 2. The SMILES string of the molecule is O=C(c1ccccc1Cl)c1cc(Br)ccc1NC(=O)C1CCCN1S(=O)(=O)c1cccs1. The molecule has 0 radical (unpaired) electrons. The van der Waals surface area contributed by atoms with Crippen molar-refractivity contribution in [3.8, 4) is 0 Å². The number of ketones is 1. The molecule has 2 aromatic carbocycles. The molecule has 1 fully saturated rings. The van der Waals surface area contributed by atoms with Crippen LogP contribution in [-0.4, -0.2) is 37.0 Å². The van der Waals surface area contributed by atoms with Crippen molar-refractivity contribution < 1.29 is 18.0 Å². The van der Waals surface area contributed by atoms with Crippen molar-refractivity contribution in [1.82, 2.24) is 4.31 Å². The number of thiophene rings is 1. The fraction of sp³-hybridized carbons (Fsp3) is 0.182. The van der Waals surface area contributed by atoms with Gasteiger partial charge in [0.15, 0.2) is 5.78 Å². The Balaban J connectivity index is 1.63. The summed E-state index contributed by atoms with van der Waals surface area (Å²) in [6.45, 7) is 0.268. The first-order valence-electron chi connectivity index (χ1n) is 9.74. The van der Waals surface area contributed by atoms with Gasteiger partial charge >= 0.3 is 0 Å². The maximum Gasteiger partial charge on any atom is 0.253 e. The minimum Gasteiger partial charge on any atom is -0.324 e. The van der Waals surface area contributed by atoms with E-state index in [0.717, 1.165) is 11.3 Å². The van der Waals surface area contributed by atoms with E-state index in [1.807, 2.05) is 0 Å². The van der Waals surface area contributed by atoms with E-state index in [0.29, 0.717) is 33.6 Å². The van der Waals surface area contributed by atoms with Crippen LogP contribution in [0.4, 0.5) is 5.69 Å². The quantitative estimate of drug-likeness (QED) is 0.426. The largest absolute Gasteiger partial charge is 0.324 e. The molecular formula is C22H18BrClN2O4S2. The first kappa shape index (κ1) is 23.1. The topological polar surface area (TPSA) is 83.6 Å². The van der Waals surface area contributed by atoms with Crippen LogP contribution < -0.4 is 5.32 Å². The Bertz CT molecular complexity index is 1280. The van der Waals surface area contributed by atoms with E-state index in [4.69, 9.17) is 11.6 Å². The number of hydrogen-bond acceptors (Lipinski definition) is 5. The highest BCUT2D eigenvalue weighted by atomic mass is 79.9. The van der Waals surface area contributed by atoms with E-state index in [1.54, 1.807) is 53.9 Å². The maximum absolute atomic E-state index is 13.2. The third kappa shape index (κ3) is 4.53. The number of carbonyl (C=O) groups is 2. The molecule has 1 aromatic heterocycles. The molecule has 1 N–H and O–H groups in total. The Morgan fingerprint density at radius 3 is 2.59 bits per heavy atom. The Labute approximate surface area is 203 Å². The van der Waals surface area contributed by atoms with Crippen LogP contribution in [0.2, 0.25) is 5.02 Å². The zero-order chi connectivity index (χ0) is 22.9. The summed E-state index contributed by atoms with van der Waals surface area (Å²) in [5.74, 6) is -0.820. The predicted octanol–water partition coefficient (Wildman–Crippen LogP) is 5.19. The monoisotopic (exact) mass is 552 g/mol. The summed E-state index contributed by atoms with van der Waals surface area (Å²) in [5, 5.41) is 4.76. The Hall–Kier alpha value is -2.04. The molecule has 2 heterocycles. The first-order valence-corrected chi connectivity index (χ1v) is 13.2. The lowest BCUT2D eigenvalue weighted by atomic mass is 10.0. The summed E-state index contributed by atoms with van der Waals surface area (Å²) in [5.41, 5.74) is 0.862. The number of rotatable bonds is 6. The van der Waals surface area contributed by atoms with E-state index in [1.165, 1.54) is 10.4 Å². The molecule has 0 aliphatic carbocycles. The molecule has 4 rings (SSSR count). The van der Waals surface area contributed by atoms with Gasteiger partial charge in [-0.05, 0) is 54.6 Å². The van der Waals surface area contributed by atoms with Crippen LogP contribution in [0.5, 0.6) is 0 Å². The molecule has 1 saturated heterocycles. The Kier molecular flexibility index (Phi) is 6.83. The molecule has 10 heteroatoms. The summed E-state index contributed by atoms with van der Waals surface area (Å²) in [6, 6.07) is 13.9. The number of nitrogens with zero attached hydrogens (tertiary/aromatic N) is 1. The van der Waals surface area contributed by atoms with Gasteiger partial charge in [-0.15, -0.1) is 11.3 Å². The predicted molar refractivity (Wildman–Crippen MR) is 129 cm³/mol. The van der Waals surface area contributed by atoms with E-state index >= 15 is 0 Å². The second-order valence-electron chi connectivity index (χ2n) is 7.19. The van der Waals surface area contributed by atoms with Crippen LogP contribution in [0.1, 0.15) is 28.8 Å². The van der Waals surface area contributed by atoms with Gasteiger partial charge < -0.3 is 5.32 Å². The van der Waals surface area contributed by atoms with E-state index in [-0.39, 0.29) is 22.1 Å². The summed E-state index contributed by atoms with van der Waals surface area (Å²) in [7, 11) is -3.76. The normalized spacial score (nSPS) is 16.8. The van der Waals surface area contributed by atoms with Gasteiger partial charge in [-0.25, -0.2) is 8.42 Å². The molecule has 1 amide bonds. The van der Waals surface area contributed by atoms with Crippen LogP contribution in [0.3, 0.4) is 0 Å². The van der Waals surface area contributed by atoms with E-state index in [9.17, 15) is 18.0 Å². The van der Waals surface area contributed by atoms with Crippen molar-refractivity contribution in [2.45, 2.75) is 23.1 Å². The Morgan fingerprint density at radius 1 is 1.09 bits per heavy atom. The molecular weight excluding hydrogens is 536 g/mol. The van der Waals surface area contributed by atoms with Crippen LogP contribution in [0.25, 0.3) is 0 Å². The third-order valence-corrected chi connectivity index (χ3v) is 9.27. The van der Waals surface area contributed by atoms with Crippen molar-refractivity contribution in [3.63, 3.8) is 0 Å². The van der Waals surface area contributed by atoms with Crippen LogP contribution in [0, 0.1) is 0 Å². The minimum atomic E-state index is -3.76. The average molecular weight is 554 g/mol. The van der Waals surface area contributed by atoms with Crippen molar-refractivity contribution in [2.24, 2.45) is 0 Å². The smallest absolute Gasteiger partial charge is 0.253 e. The summed E-state index contributed by atoms with van der Waals surface area (Å²) >= 11 is 10.7. The molecule has 6 nitrogen and oxygen atoms in total. The highest BCUT2D eigenvalue weighted by molar-refractivity contribution is 9.10. The highest BCUT2D eigenvalue weighted by Crippen LogP contribution is 2.31. The van der Waals surface area contributed by atoms with Crippen LogP contribution >= 0.6 is 38.9 Å². The standard InChI is InChI=1S/C22H18BrClN2O4S2/c23-14-9-10-18(16(13-14)21(27)15-5-1-2-6-17(15)24)25-22(28)19-7-3-11-26(19)32(29,30)20-8-4-12-31-20/h1-2,4-6,8-10,12-13,19H,3,7,11H2,(H,25,28). The molecule has 32 heavy (non-hydrogen) atoms. The maximum atomic E-state index is 13.2. The number of hydrogen-bond donors (Lipinski definition) is 1. The van der Waals surface area contributed by atoms with Gasteiger partial charge in [0.2, 0.25) is 5.91 Å². The molecule has 0 saturated carbocycles. The van der Waals surface area contributed by atoms with Crippen molar-refractivity contribution in [1.29, 1.82) is 0 Å². The molecule has 1 aliphatic heterocycles. The lowest BCUT2D eigenvalue weighted by molar-refractivity contribution is -0.119. The zero-order valence-corrected chi connectivity index (χ0v) is 20.6. The highest BCUT2D eigenvalue weighted by Gasteiger charge is 2.40. The summed E-state index contributed by atoms with van der Waals surface area (Å²) in [4.78, 5) is 26.3. The second-order valence-corrected chi connectivity index (χ2v) is 11.6. The number of sulfonamides is 1. The van der Waals surface area contributed by atoms with Gasteiger partial charge in [0, 0.05) is 22.1 Å². The van der Waals surface area contributed by atoms with Gasteiger partial charge in [0.25, 0.3) is 10.0 Å². The lowest BCUT2D eigenvalue weighted by Crippen LogP contribution is -2.43. The fourth-order valence-electron chi connectivity index (χ4n) is 3.64. The van der Waals surface area contributed by atoms with E-state index in [2.05, 4.69) is 21.2 Å². The molecule has 1 aliphatic rings. The van der Waals surface area contributed by atoms with Crippen molar-refractivity contribution in [2.75, 3.05) is 11.9 Å². The second kappa shape index (κ2) is 9.44. The first-order chi connectivity index (χ1) is 15.3. The minimum absolute atomic E-state index is 0.204. The molecule has 166 valence electrons. The average Bonchev–Trinajstić information content (AvgIpc) is 3.48. The number of halogens is 2. The number of anilines is 1. The summed E-state index contributed by atoms with van der Waals surface area (Å²) in [6.07, 6.45) is 0.981. The molecule has 1 atom stereocenters. The molecule has 3 aromatic rings. The lowest BCUT2D eigenvalue weighted by Gasteiger charge is -2.23. The van der Waals surface area contributed by atoms with Crippen molar-refractivity contribution >= 4 is 66.3 Å². The fourth-order valence-corrected chi connectivity index (χ4v) is 6.99.